The Morgan fingerprint density at radius 3 is 1.15 bits per heavy atom. The van der Waals surface area contributed by atoms with Crippen molar-refractivity contribution in [2.45, 2.75) is 238 Å². The van der Waals surface area contributed by atoms with Gasteiger partial charge in [-0.05, 0) is 251 Å². The molecule has 2 N–H and O–H groups in total. The monoisotopic (exact) mass is 1940 g/mol. The third kappa shape index (κ3) is 20.5. The summed E-state index contributed by atoms with van der Waals surface area (Å²) in [4.78, 5) is 124. The van der Waals surface area contributed by atoms with Crippen molar-refractivity contribution in [3.05, 3.63) is 214 Å². The van der Waals surface area contributed by atoms with Crippen molar-refractivity contribution >= 4 is 63.9 Å². The molecule has 0 bridgehead atoms. The first kappa shape index (κ1) is 101. The van der Waals surface area contributed by atoms with Gasteiger partial charge in [-0.15, -0.1) is 0 Å². The van der Waals surface area contributed by atoms with Gasteiger partial charge in [-0.3, -0.25) is 33.6 Å². The van der Waals surface area contributed by atoms with Gasteiger partial charge in [0.15, 0.2) is 28.2 Å². The number of aliphatic hydroxyl groups is 1. The molecule has 141 heavy (non-hydrogen) atoms. The Bertz CT molecular complexity index is 6600. The van der Waals surface area contributed by atoms with Crippen LogP contribution in [0.4, 0.5) is 30.7 Å². The molecule has 19 rings (SSSR count). The fourth-order valence-electron chi connectivity index (χ4n) is 19.5. The first-order chi connectivity index (χ1) is 66.1. The molecule has 7 fully saturated rings. The maximum absolute atomic E-state index is 13.8. The molecule has 2 saturated carbocycles. The van der Waals surface area contributed by atoms with Gasteiger partial charge in [0.25, 0.3) is 23.6 Å². The first-order valence-electron chi connectivity index (χ1n) is 48.0. The Morgan fingerprint density at radius 2 is 0.787 bits per heavy atom. The van der Waals surface area contributed by atoms with Crippen LogP contribution in [0.1, 0.15) is 240 Å². The summed E-state index contributed by atoms with van der Waals surface area (Å²) in [6.45, 7) is 43.3. The lowest BCUT2D eigenvalue weighted by molar-refractivity contribution is -0.297. The van der Waals surface area contributed by atoms with Gasteiger partial charge < -0.3 is 49.5 Å². The van der Waals surface area contributed by atoms with Crippen LogP contribution in [0, 0.1) is 29.2 Å². The van der Waals surface area contributed by atoms with E-state index in [0.29, 0.717) is 103 Å². The summed E-state index contributed by atoms with van der Waals surface area (Å²) in [5, 5.41) is 31.8. The molecular formula is C105H123F7N20O9. The minimum absolute atomic E-state index is 0.00883. The molecule has 8 aromatic heterocycles. The molecule has 0 radical (unpaired) electrons. The number of halogens is 7. The highest BCUT2D eigenvalue weighted by Gasteiger charge is 2.63. The van der Waals surface area contributed by atoms with Crippen molar-refractivity contribution in [3.8, 4) is 45.0 Å². The van der Waals surface area contributed by atoms with Crippen LogP contribution in [0.3, 0.4) is 0 Å². The maximum Gasteiger partial charge on any atom is 0.417 e. The molecule has 4 aromatic carbocycles. The molecule has 12 aromatic rings. The Labute approximate surface area is 814 Å². The van der Waals surface area contributed by atoms with E-state index in [-0.39, 0.29) is 129 Å². The lowest BCUT2D eigenvalue weighted by Crippen LogP contribution is -2.65. The Kier molecular flexibility index (Phi) is 27.1. The van der Waals surface area contributed by atoms with Gasteiger partial charge in [0.05, 0.1) is 58.6 Å². The molecule has 2 aliphatic carbocycles. The van der Waals surface area contributed by atoms with Crippen molar-refractivity contribution in [1.29, 1.82) is 0 Å². The van der Waals surface area contributed by atoms with Gasteiger partial charge in [0, 0.05) is 141 Å². The third-order valence-corrected chi connectivity index (χ3v) is 27.9. The second-order valence-electron chi connectivity index (χ2n) is 43.5. The summed E-state index contributed by atoms with van der Waals surface area (Å²) in [5.74, 6) is -3.57. The lowest BCUT2D eigenvalue weighted by atomic mass is 9.69. The molecule has 5 saturated heterocycles. The summed E-state index contributed by atoms with van der Waals surface area (Å²) in [6, 6.07) is 32.9. The van der Waals surface area contributed by atoms with E-state index in [0.717, 1.165) is 83.3 Å². The number of hydrogen-bond acceptors (Lipinski definition) is 18. The normalized spacial score (nSPS) is 19.6. The fourth-order valence-corrected chi connectivity index (χ4v) is 19.5. The van der Waals surface area contributed by atoms with E-state index in [4.69, 9.17) is 19.8 Å². The zero-order chi connectivity index (χ0) is 102. The zero-order valence-corrected chi connectivity index (χ0v) is 83.2. The van der Waals surface area contributed by atoms with Crippen molar-refractivity contribution in [2.24, 2.45) is 5.92 Å². The second kappa shape index (κ2) is 37.8. The van der Waals surface area contributed by atoms with Crippen LogP contribution in [0.25, 0.3) is 67.6 Å². The number of alkyl halides is 3. The number of imidazole rings is 4. The minimum atomic E-state index is -4.78. The van der Waals surface area contributed by atoms with Crippen LogP contribution in [-0.2, 0) is 35.4 Å². The largest absolute Gasteiger partial charge is 0.417 e. The fraction of sp³-hybridized carbons (Fsp3) is 0.476. The SMILES string of the molecule is CC(C)(C)c1cc(-c2ccc(F)cc2)nn2cc(C(=O)N3CCN(C4CC4)C(=O)C3(C)C)nc12.CC(C)(C)c1cc(-c2ccc(F)cc2)nn2cc(C(=O)N3CCNCC3(C)C)nc12.CC(C)N1CCN(C(=O)c2cn3nc(-c4ccc(F)cc4)cc(C(C)(C)C)c3n2)C(C)(C)C1=O.CC1(C)CN(C(=O)C2CC(O)(C(F)(F)F)C2)CCN1C(=O)c1cn2nc(-c3ccc(F)cc3)cc(C3CCOCC3)c2n1. The molecule has 13 heterocycles. The van der Waals surface area contributed by atoms with Crippen molar-refractivity contribution < 1.29 is 74.1 Å². The van der Waals surface area contributed by atoms with Crippen LogP contribution < -0.4 is 5.32 Å². The van der Waals surface area contributed by atoms with Gasteiger partial charge in [0.1, 0.15) is 57.1 Å². The molecule has 0 unspecified atom stereocenters. The predicted octanol–water partition coefficient (Wildman–Crippen LogP) is 16.2. The number of benzene rings is 4. The van der Waals surface area contributed by atoms with Crippen molar-refractivity contribution in [3.63, 3.8) is 0 Å². The summed E-state index contributed by atoms with van der Waals surface area (Å²) in [7, 11) is 0. The highest BCUT2D eigenvalue weighted by Crippen LogP contribution is 2.50. The number of carbonyl (C=O) groups excluding carboxylic acids is 7. The molecule has 0 atom stereocenters. The highest BCUT2D eigenvalue weighted by molar-refractivity contribution is 6.01. The number of hydrogen-bond donors (Lipinski definition) is 2. The predicted molar refractivity (Wildman–Crippen MR) is 518 cm³/mol. The van der Waals surface area contributed by atoms with Crippen LogP contribution in [0.5, 0.6) is 0 Å². The lowest BCUT2D eigenvalue weighted by Gasteiger charge is -2.50. The topological polar surface area (TPSA) is 304 Å². The van der Waals surface area contributed by atoms with Crippen molar-refractivity contribution in [2.75, 3.05) is 78.7 Å². The van der Waals surface area contributed by atoms with E-state index in [1.807, 2.05) is 66.7 Å². The molecule has 0 spiro atoms. The molecule has 746 valence electrons. The number of amides is 7. The Hall–Kier alpha value is -13.0. The number of rotatable bonds is 12. The Balaban J connectivity index is 0.000000137. The molecule has 7 amide bonds. The number of nitrogens with one attached hydrogen (secondary N) is 1. The number of aromatic nitrogens is 12. The van der Waals surface area contributed by atoms with E-state index in [1.54, 1.807) is 134 Å². The standard InChI is InChI=1S/C30H33F4N5O4.C26H30FN5O2.C26H32FN5O2.C23H28FN5O/c1-28(2)17-37(26(40)20-14-29(42,15-20)30(32,33)34)9-10-38(28)27(41)24-16-39-25(35-24)22(18-7-11-43-12-8-18)13-23(36-39)19-3-5-21(31)6-4-19;1-25(2,3)19-14-20(16-6-8-17(27)9-7-16)29-32-15-21(28-22(19)32)23(33)31-13-12-30(18-10-11-18)24(34)26(31,4)5;1-16(2)30-12-13-31(26(6,7)24(30)34)23(33)21-15-32-22(28-21)19(25(3,4)5)14-20(29-32)17-8-10-18(27)11-9-17;1-22(2,3)17-12-18(15-6-8-16(24)9-7-15)27-29-13-19(26-20(17)29)21(30)28-11-10-25-14-23(28,4)5/h3-6,13,16,18,20,42H,7-12,14-15,17H2,1-2H3;6-9,14-15,18H,10-13H2,1-5H3;8-11,14-16H,12-13H2,1-7H3;6-9,12-13,25H,10-11,14H2,1-5H3. The quantitative estimate of drug-likeness (QED) is 0.107. The van der Waals surface area contributed by atoms with Crippen LogP contribution in [-0.4, -0.2) is 264 Å². The molecule has 5 aliphatic heterocycles. The number of fused-ring (bicyclic) bond motifs is 4. The molecule has 7 aliphatic rings. The maximum atomic E-state index is 13.8. The number of ether oxygens (including phenoxy) is 1. The summed E-state index contributed by atoms with van der Waals surface area (Å²) in [6.07, 6.45) is 4.10. The summed E-state index contributed by atoms with van der Waals surface area (Å²) < 4.78 is 105. The average molecular weight is 1940 g/mol. The zero-order valence-electron chi connectivity index (χ0n) is 83.2. The van der Waals surface area contributed by atoms with Crippen molar-refractivity contribution in [1.82, 2.24) is 98.0 Å². The summed E-state index contributed by atoms with van der Waals surface area (Å²) in [5.41, 5.74) is 6.37. The van der Waals surface area contributed by atoms with E-state index in [1.165, 1.54) is 53.4 Å². The third-order valence-electron chi connectivity index (χ3n) is 27.9. The molecule has 36 heteroatoms. The minimum Gasteiger partial charge on any atom is -0.381 e. The van der Waals surface area contributed by atoms with E-state index in [2.05, 4.69) is 107 Å². The van der Waals surface area contributed by atoms with E-state index >= 15 is 0 Å². The molecule has 29 nitrogen and oxygen atoms in total. The van der Waals surface area contributed by atoms with Gasteiger partial charge in [0.2, 0.25) is 17.7 Å². The highest BCUT2D eigenvalue weighted by atomic mass is 19.4. The van der Waals surface area contributed by atoms with Gasteiger partial charge in [-0.1, -0.05) is 62.3 Å². The van der Waals surface area contributed by atoms with Gasteiger partial charge in [-0.25, -0.2) is 55.6 Å². The van der Waals surface area contributed by atoms with Gasteiger partial charge >= 0.3 is 6.18 Å². The average Bonchev–Trinajstić information content (AvgIpc) is 1.47. The van der Waals surface area contributed by atoms with E-state index < -0.39 is 53.1 Å². The number of carbonyl (C=O) groups is 7. The Morgan fingerprint density at radius 1 is 0.440 bits per heavy atom. The van der Waals surface area contributed by atoms with Crippen LogP contribution in [0.15, 0.2) is 146 Å². The van der Waals surface area contributed by atoms with Gasteiger partial charge in [-0.2, -0.15) is 33.6 Å². The van der Waals surface area contributed by atoms with Crippen LogP contribution in [0.2, 0.25) is 0 Å². The number of nitrogens with zero attached hydrogens (tertiary/aromatic N) is 19. The first-order valence-corrected chi connectivity index (χ1v) is 48.0. The van der Waals surface area contributed by atoms with E-state index in [9.17, 15) is 69.4 Å². The smallest absolute Gasteiger partial charge is 0.381 e. The van der Waals surface area contributed by atoms with Crippen LogP contribution >= 0.6 is 0 Å². The summed E-state index contributed by atoms with van der Waals surface area (Å²) >= 11 is 0. The molecular weight excluding hydrogens is 1820 g/mol. The number of piperazine rings is 4. The second-order valence-corrected chi connectivity index (χ2v) is 43.5.